The van der Waals surface area contributed by atoms with Gasteiger partial charge in [-0.05, 0) is 31.0 Å². The number of carbonyl (C=O) groups is 1. The highest BCUT2D eigenvalue weighted by molar-refractivity contribution is 6.03. The molecule has 0 aromatic carbocycles. The Morgan fingerprint density at radius 3 is 3.06 bits per heavy atom. The molecule has 6 heteroatoms. The predicted molar refractivity (Wildman–Crippen MR) is 64.4 cm³/mol. The fraction of sp³-hybridized carbons (Fsp3) is 0.250. The maximum Gasteiger partial charge on any atom is 0.277 e. The van der Waals surface area contributed by atoms with Crippen LogP contribution < -0.4 is 5.32 Å². The van der Waals surface area contributed by atoms with E-state index in [-0.39, 0.29) is 17.5 Å². The average molecular weight is 244 g/mol. The molecule has 1 saturated carbocycles. The van der Waals surface area contributed by atoms with Gasteiger partial charge in [0.25, 0.3) is 5.91 Å². The summed E-state index contributed by atoms with van der Waals surface area (Å²) in [6.07, 6.45) is 3.78. The number of carbonyl (C=O) groups excluding carboxylic acids is 1. The number of aromatic nitrogens is 3. The molecule has 0 aliphatic heterocycles. The topological polar surface area (TPSA) is 90.9 Å². The summed E-state index contributed by atoms with van der Waals surface area (Å²) < 4.78 is 0. The van der Waals surface area contributed by atoms with Crippen molar-refractivity contribution in [2.75, 3.05) is 5.32 Å². The van der Waals surface area contributed by atoms with E-state index in [0.717, 1.165) is 18.5 Å². The monoisotopic (exact) mass is 244 g/mol. The summed E-state index contributed by atoms with van der Waals surface area (Å²) >= 11 is 0. The van der Waals surface area contributed by atoms with Crippen LogP contribution in [0.4, 0.5) is 5.82 Å². The molecular weight excluding hydrogens is 232 g/mol. The SMILES string of the molecule is O=C(Nc1ncccc1O)c1cc(C2CC2)[nH]n1. The first-order chi connectivity index (χ1) is 8.74. The lowest BCUT2D eigenvalue weighted by molar-refractivity contribution is 0.102. The Hall–Kier alpha value is -2.37. The van der Waals surface area contributed by atoms with E-state index in [4.69, 9.17) is 0 Å². The molecule has 0 bridgehead atoms. The molecule has 1 aliphatic carbocycles. The van der Waals surface area contributed by atoms with Gasteiger partial charge < -0.3 is 10.4 Å². The van der Waals surface area contributed by atoms with E-state index in [1.54, 1.807) is 12.1 Å². The molecule has 0 radical (unpaired) electrons. The number of aromatic amines is 1. The summed E-state index contributed by atoms with van der Waals surface area (Å²) in [6, 6.07) is 4.79. The molecule has 2 heterocycles. The van der Waals surface area contributed by atoms with Gasteiger partial charge in [0.05, 0.1) is 0 Å². The number of hydrogen-bond donors (Lipinski definition) is 3. The minimum atomic E-state index is -0.382. The van der Waals surface area contributed by atoms with Gasteiger partial charge in [0.1, 0.15) is 0 Å². The normalized spacial score (nSPS) is 14.4. The van der Waals surface area contributed by atoms with E-state index < -0.39 is 0 Å². The zero-order valence-electron chi connectivity index (χ0n) is 9.55. The van der Waals surface area contributed by atoms with Crippen LogP contribution in [-0.4, -0.2) is 26.2 Å². The van der Waals surface area contributed by atoms with E-state index in [1.165, 1.54) is 12.3 Å². The second kappa shape index (κ2) is 4.14. The van der Waals surface area contributed by atoms with Gasteiger partial charge in [-0.25, -0.2) is 4.98 Å². The molecule has 2 aromatic heterocycles. The second-order valence-electron chi connectivity index (χ2n) is 4.31. The van der Waals surface area contributed by atoms with Gasteiger partial charge in [0.2, 0.25) is 0 Å². The zero-order chi connectivity index (χ0) is 12.5. The molecular formula is C12H12N4O2. The molecule has 3 rings (SSSR count). The van der Waals surface area contributed by atoms with Crippen molar-refractivity contribution in [2.45, 2.75) is 18.8 Å². The van der Waals surface area contributed by atoms with Gasteiger partial charge in [-0.15, -0.1) is 0 Å². The van der Waals surface area contributed by atoms with Crippen molar-refractivity contribution in [1.29, 1.82) is 0 Å². The summed E-state index contributed by atoms with van der Waals surface area (Å²) in [5.74, 6) is 0.205. The van der Waals surface area contributed by atoms with E-state index in [9.17, 15) is 9.90 Å². The molecule has 6 nitrogen and oxygen atoms in total. The van der Waals surface area contributed by atoms with Crippen LogP contribution in [0, 0.1) is 0 Å². The lowest BCUT2D eigenvalue weighted by Gasteiger charge is -2.03. The number of pyridine rings is 1. The van der Waals surface area contributed by atoms with Crippen LogP contribution in [0.3, 0.4) is 0 Å². The van der Waals surface area contributed by atoms with Crippen molar-refractivity contribution in [3.05, 3.63) is 35.8 Å². The van der Waals surface area contributed by atoms with Gasteiger partial charge in [-0.2, -0.15) is 5.10 Å². The lowest BCUT2D eigenvalue weighted by Crippen LogP contribution is -2.13. The Labute approximate surface area is 103 Å². The Morgan fingerprint density at radius 2 is 2.33 bits per heavy atom. The second-order valence-corrected chi connectivity index (χ2v) is 4.31. The third-order valence-corrected chi connectivity index (χ3v) is 2.87. The third-order valence-electron chi connectivity index (χ3n) is 2.87. The molecule has 0 spiro atoms. The first-order valence-electron chi connectivity index (χ1n) is 5.74. The summed E-state index contributed by atoms with van der Waals surface area (Å²) in [6.45, 7) is 0. The zero-order valence-corrected chi connectivity index (χ0v) is 9.55. The van der Waals surface area contributed by atoms with E-state index in [1.807, 2.05) is 0 Å². The number of H-pyrrole nitrogens is 1. The van der Waals surface area contributed by atoms with E-state index in [2.05, 4.69) is 20.5 Å². The highest BCUT2D eigenvalue weighted by Gasteiger charge is 2.26. The van der Waals surface area contributed by atoms with Crippen molar-refractivity contribution < 1.29 is 9.90 Å². The molecule has 2 aromatic rings. The summed E-state index contributed by atoms with van der Waals surface area (Å²) in [5.41, 5.74) is 1.30. The number of aromatic hydroxyl groups is 1. The van der Waals surface area contributed by atoms with Gasteiger partial charge in [0.15, 0.2) is 17.3 Å². The lowest BCUT2D eigenvalue weighted by atomic mass is 10.2. The van der Waals surface area contributed by atoms with Crippen molar-refractivity contribution in [3.8, 4) is 5.75 Å². The fourth-order valence-corrected chi connectivity index (χ4v) is 1.72. The van der Waals surface area contributed by atoms with Crippen molar-refractivity contribution in [1.82, 2.24) is 15.2 Å². The van der Waals surface area contributed by atoms with Crippen LogP contribution in [0.2, 0.25) is 0 Å². The quantitative estimate of drug-likeness (QED) is 0.765. The molecule has 18 heavy (non-hydrogen) atoms. The molecule has 1 aliphatic rings. The van der Waals surface area contributed by atoms with Crippen molar-refractivity contribution >= 4 is 11.7 Å². The Bertz CT molecular complexity index is 589. The number of amides is 1. The minimum absolute atomic E-state index is 0.0659. The first-order valence-corrected chi connectivity index (χ1v) is 5.74. The van der Waals surface area contributed by atoms with Gasteiger partial charge in [-0.1, -0.05) is 0 Å². The standard InChI is InChI=1S/C12H12N4O2/c17-10-2-1-5-13-11(10)14-12(18)9-6-8(15-16-9)7-3-4-7/h1-2,5-7,17H,3-4H2,(H,15,16)(H,13,14,18). The maximum absolute atomic E-state index is 11.9. The molecule has 92 valence electrons. The molecule has 3 N–H and O–H groups in total. The molecule has 0 atom stereocenters. The number of nitrogens with zero attached hydrogens (tertiary/aromatic N) is 2. The molecule has 1 amide bonds. The van der Waals surface area contributed by atoms with Crippen LogP contribution in [-0.2, 0) is 0 Å². The molecule has 1 fully saturated rings. The number of rotatable bonds is 3. The number of nitrogens with one attached hydrogen (secondary N) is 2. The number of anilines is 1. The Balaban J connectivity index is 1.76. The fourth-order valence-electron chi connectivity index (χ4n) is 1.72. The average Bonchev–Trinajstić information content (AvgIpc) is 3.10. The summed E-state index contributed by atoms with van der Waals surface area (Å²) in [7, 11) is 0. The molecule has 0 unspecified atom stereocenters. The van der Waals surface area contributed by atoms with Gasteiger partial charge in [-0.3, -0.25) is 9.89 Å². The summed E-state index contributed by atoms with van der Waals surface area (Å²) in [4.78, 5) is 15.8. The third kappa shape index (κ3) is 2.04. The van der Waals surface area contributed by atoms with Crippen LogP contribution in [0.5, 0.6) is 5.75 Å². The van der Waals surface area contributed by atoms with Gasteiger partial charge in [0, 0.05) is 17.8 Å². The highest BCUT2D eigenvalue weighted by atomic mass is 16.3. The highest BCUT2D eigenvalue weighted by Crippen LogP contribution is 2.39. The maximum atomic E-state index is 11.9. The van der Waals surface area contributed by atoms with E-state index in [0.29, 0.717) is 11.6 Å². The smallest absolute Gasteiger partial charge is 0.277 e. The number of hydrogen-bond acceptors (Lipinski definition) is 4. The molecule has 0 saturated heterocycles. The Kier molecular flexibility index (Phi) is 2.47. The van der Waals surface area contributed by atoms with Crippen LogP contribution >= 0.6 is 0 Å². The van der Waals surface area contributed by atoms with Gasteiger partial charge >= 0.3 is 0 Å². The van der Waals surface area contributed by atoms with Crippen LogP contribution in [0.1, 0.15) is 34.9 Å². The van der Waals surface area contributed by atoms with Crippen molar-refractivity contribution in [3.63, 3.8) is 0 Å². The van der Waals surface area contributed by atoms with Crippen LogP contribution in [0.25, 0.3) is 0 Å². The minimum Gasteiger partial charge on any atom is -0.504 e. The summed E-state index contributed by atoms with van der Waals surface area (Å²) in [5, 5.41) is 18.8. The van der Waals surface area contributed by atoms with Crippen molar-refractivity contribution in [2.24, 2.45) is 0 Å². The van der Waals surface area contributed by atoms with E-state index >= 15 is 0 Å². The first kappa shape index (κ1) is 10.8. The predicted octanol–water partition coefficient (Wildman–Crippen LogP) is 1.64. The Morgan fingerprint density at radius 1 is 1.50 bits per heavy atom. The van der Waals surface area contributed by atoms with Crippen LogP contribution in [0.15, 0.2) is 24.4 Å². The largest absolute Gasteiger partial charge is 0.504 e.